The van der Waals surface area contributed by atoms with Crippen molar-refractivity contribution in [1.82, 2.24) is 0 Å². The summed E-state index contributed by atoms with van der Waals surface area (Å²) in [6, 6.07) is 0. The average Bonchev–Trinajstić information content (AvgIpc) is 2.44. The van der Waals surface area contributed by atoms with E-state index in [1.54, 1.807) is 0 Å². The van der Waals surface area contributed by atoms with Crippen LogP contribution in [0.1, 0.15) is 19.3 Å². The highest BCUT2D eigenvalue weighted by molar-refractivity contribution is 5.74. The highest BCUT2D eigenvalue weighted by atomic mass is 16.8. The molecule has 0 unspecified atom stereocenters. The average molecular weight is 170 g/mol. The number of carbonyl (C=O) groups is 1. The number of hydrogen-bond acceptors (Lipinski definition) is 4. The highest BCUT2D eigenvalue weighted by Crippen LogP contribution is 2.53. The Labute approximate surface area is 69.8 Å². The Bertz CT molecular complexity index is 215. The molecule has 0 aromatic rings. The van der Waals surface area contributed by atoms with Gasteiger partial charge in [-0.05, 0) is 0 Å². The summed E-state index contributed by atoms with van der Waals surface area (Å²) in [5, 5.41) is 0. The van der Waals surface area contributed by atoms with Crippen LogP contribution in [0.2, 0.25) is 0 Å². The largest absolute Gasteiger partial charge is 0.430 e. The van der Waals surface area contributed by atoms with Gasteiger partial charge in [-0.25, -0.2) is 0 Å². The Morgan fingerprint density at radius 2 is 2.00 bits per heavy atom. The predicted octanol–water partition coefficient (Wildman–Crippen LogP) is 0.209. The van der Waals surface area contributed by atoms with E-state index in [-0.39, 0.29) is 5.97 Å². The molecule has 0 spiro atoms. The van der Waals surface area contributed by atoms with Crippen molar-refractivity contribution in [2.45, 2.75) is 30.7 Å². The fourth-order valence-electron chi connectivity index (χ4n) is 2.47. The normalized spacial score (nSPS) is 50.5. The molecule has 0 saturated carbocycles. The lowest BCUT2D eigenvalue weighted by Crippen LogP contribution is -2.43. The third kappa shape index (κ3) is 0.559. The van der Waals surface area contributed by atoms with E-state index in [1.807, 2.05) is 0 Å². The number of hydrogen-bond donors (Lipinski definition) is 0. The molecule has 4 heteroatoms. The van der Waals surface area contributed by atoms with Crippen LogP contribution in [-0.4, -0.2) is 30.6 Å². The van der Waals surface area contributed by atoms with E-state index in [0.29, 0.717) is 26.1 Å². The summed E-state index contributed by atoms with van der Waals surface area (Å²) in [6.07, 6.45) is 1.85. The van der Waals surface area contributed by atoms with Gasteiger partial charge in [0.05, 0.1) is 19.6 Å². The third-order valence-corrected chi connectivity index (χ3v) is 3.05. The molecular formula is C8H10O4. The molecule has 0 N–H and O–H groups in total. The van der Waals surface area contributed by atoms with Gasteiger partial charge in [0, 0.05) is 12.8 Å². The summed E-state index contributed by atoms with van der Waals surface area (Å²) >= 11 is 0. The molecule has 2 atom stereocenters. The van der Waals surface area contributed by atoms with Crippen molar-refractivity contribution in [3.8, 4) is 0 Å². The smallest absolute Gasteiger partial charge is 0.311 e. The van der Waals surface area contributed by atoms with Crippen LogP contribution in [0.5, 0.6) is 0 Å². The van der Waals surface area contributed by atoms with Crippen LogP contribution >= 0.6 is 0 Å². The summed E-state index contributed by atoms with van der Waals surface area (Å²) < 4.78 is 16.3. The SMILES string of the molecule is O=C1C[C@@]23CCO[C@@]2(CCO3)O1. The first kappa shape index (κ1) is 6.86. The van der Waals surface area contributed by atoms with E-state index in [0.717, 1.165) is 6.42 Å². The fraction of sp³-hybridized carbons (Fsp3) is 0.875. The molecule has 0 radical (unpaired) electrons. The molecule has 0 amide bonds. The molecule has 3 saturated heterocycles. The molecule has 3 aliphatic heterocycles. The molecule has 3 rings (SSSR count). The minimum atomic E-state index is -0.704. The summed E-state index contributed by atoms with van der Waals surface area (Å²) in [5.74, 6) is -0.890. The van der Waals surface area contributed by atoms with Crippen molar-refractivity contribution < 1.29 is 19.0 Å². The first-order valence-electron chi connectivity index (χ1n) is 4.26. The lowest BCUT2D eigenvalue weighted by molar-refractivity contribution is -0.211. The summed E-state index contributed by atoms with van der Waals surface area (Å²) in [6.45, 7) is 1.29. The number of carbonyl (C=O) groups excluding carboxylic acids is 1. The molecule has 4 nitrogen and oxygen atoms in total. The second kappa shape index (κ2) is 1.83. The molecule has 3 heterocycles. The zero-order valence-electron chi connectivity index (χ0n) is 6.67. The Kier molecular flexibility index (Phi) is 1.04. The van der Waals surface area contributed by atoms with E-state index in [2.05, 4.69) is 0 Å². The lowest BCUT2D eigenvalue weighted by Gasteiger charge is -2.26. The monoisotopic (exact) mass is 170 g/mol. The molecule has 3 aliphatic rings. The van der Waals surface area contributed by atoms with E-state index in [9.17, 15) is 4.79 Å². The first-order chi connectivity index (χ1) is 5.77. The van der Waals surface area contributed by atoms with Gasteiger partial charge in [0.1, 0.15) is 5.60 Å². The maximum atomic E-state index is 11.1. The summed E-state index contributed by atoms with van der Waals surface area (Å²) in [4.78, 5) is 11.1. The van der Waals surface area contributed by atoms with Gasteiger partial charge in [-0.15, -0.1) is 0 Å². The topological polar surface area (TPSA) is 44.8 Å². The molecular weight excluding hydrogens is 160 g/mol. The lowest BCUT2D eigenvalue weighted by atomic mass is 9.92. The van der Waals surface area contributed by atoms with Crippen molar-refractivity contribution >= 4 is 5.97 Å². The van der Waals surface area contributed by atoms with Crippen LogP contribution < -0.4 is 0 Å². The van der Waals surface area contributed by atoms with Gasteiger partial charge in [0.15, 0.2) is 0 Å². The zero-order chi connectivity index (χ0) is 8.23. The number of rotatable bonds is 0. The van der Waals surface area contributed by atoms with Gasteiger partial charge in [0.2, 0.25) is 5.79 Å². The molecule has 0 aromatic heterocycles. The van der Waals surface area contributed by atoms with Gasteiger partial charge >= 0.3 is 5.97 Å². The van der Waals surface area contributed by atoms with Gasteiger partial charge in [-0.2, -0.15) is 0 Å². The quantitative estimate of drug-likeness (QED) is 0.487. The maximum absolute atomic E-state index is 11.1. The molecule has 66 valence electrons. The number of esters is 1. The zero-order valence-corrected chi connectivity index (χ0v) is 6.67. The van der Waals surface area contributed by atoms with Crippen molar-refractivity contribution in [2.24, 2.45) is 0 Å². The van der Waals surface area contributed by atoms with Crippen LogP contribution in [-0.2, 0) is 19.0 Å². The van der Waals surface area contributed by atoms with Crippen molar-refractivity contribution in [3.05, 3.63) is 0 Å². The second-order valence-electron chi connectivity index (χ2n) is 3.59. The first-order valence-corrected chi connectivity index (χ1v) is 4.26. The Balaban J connectivity index is 2.07. The fourth-order valence-corrected chi connectivity index (χ4v) is 2.47. The van der Waals surface area contributed by atoms with Crippen LogP contribution in [0.15, 0.2) is 0 Å². The predicted molar refractivity (Wildman–Crippen MR) is 37.3 cm³/mol. The van der Waals surface area contributed by atoms with E-state index >= 15 is 0 Å². The van der Waals surface area contributed by atoms with Crippen LogP contribution in [0.4, 0.5) is 0 Å². The van der Waals surface area contributed by atoms with Gasteiger partial charge < -0.3 is 14.2 Å². The maximum Gasteiger partial charge on any atom is 0.311 e. The highest BCUT2D eigenvalue weighted by Gasteiger charge is 2.69. The third-order valence-electron chi connectivity index (χ3n) is 3.05. The molecule has 0 aliphatic carbocycles. The van der Waals surface area contributed by atoms with E-state index in [4.69, 9.17) is 14.2 Å². The minimum absolute atomic E-state index is 0.186. The molecule has 0 bridgehead atoms. The Morgan fingerprint density at radius 3 is 2.83 bits per heavy atom. The standard InChI is InChI=1S/C8H10O4/c9-6-5-7-1-3-11-8(7,12-6)2-4-10-7/h1-5H2/t7-,8-/m0/s1. The summed E-state index contributed by atoms with van der Waals surface area (Å²) in [7, 11) is 0. The van der Waals surface area contributed by atoms with Crippen LogP contribution in [0.25, 0.3) is 0 Å². The van der Waals surface area contributed by atoms with Crippen LogP contribution in [0, 0.1) is 0 Å². The summed E-state index contributed by atoms with van der Waals surface area (Å²) in [5.41, 5.74) is -0.427. The molecule has 0 aromatic carbocycles. The van der Waals surface area contributed by atoms with Crippen molar-refractivity contribution in [2.75, 3.05) is 13.2 Å². The minimum Gasteiger partial charge on any atom is -0.430 e. The van der Waals surface area contributed by atoms with Gasteiger partial charge in [-0.1, -0.05) is 0 Å². The van der Waals surface area contributed by atoms with Crippen molar-refractivity contribution in [3.63, 3.8) is 0 Å². The Hall–Kier alpha value is -0.610. The Morgan fingerprint density at radius 1 is 1.17 bits per heavy atom. The van der Waals surface area contributed by atoms with Crippen molar-refractivity contribution in [1.29, 1.82) is 0 Å². The molecule has 3 fully saturated rings. The van der Waals surface area contributed by atoms with E-state index < -0.39 is 11.4 Å². The van der Waals surface area contributed by atoms with Gasteiger partial charge in [-0.3, -0.25) is 4.79 Å². The molecule has 12 heavy (non-hydrogen) atoms. The number of ether oxygens (including phenoxy) is 3. The second-order valence-corrected chi connectivity index (χ2v) is 3.59. The van der Waals surface area contributed by atoms with Gasteiger partial charge in [0.25, 0.3) is 0 Å². The van der Waals surface area contributed by atoms with E-state index in [1.165, 1.54) is 0 Å². The van der Waals surface area contributed by atoms with Crippen LogP contribution in [0.3, 0.4) is 0 Å².